The van der Waals surface area contributed by atoms with Crippen molar-refractivity contribution < 1.29 is 13.2 Å². The third-order valence-electron chi connectivity index (χ3n) is 1.55. The fourth-order valence-electron chi connectivity index (χ4n) is 0.829. The Bertz CT molecular complexity index is 322. The van der Waals surface area contributed by atoms with Gasteiger partial charge in [0.05, 0.1) is 5.75 Å². The topological polar surface area (TPSA) is 0 Å². The van der Waals surface area contributed by atoms with Gasteiger partial charge in [0.25, 0.3) is 0 Å². The predicted octanol–water partition coefficient (Wildman–Crippen LogP) is 4.25. The third kappa shape index (κ3) is 4.08. The summed E-state index contributed by atoms with van der Waals surface area (Å²) in [6.45, 7) is 1.93. The van der Waals surface area contributed by atoms with Crippen molar-refractivity contribution in [3.05, 3.63) is 27.3 Å². The molecule has 1 rings (SSSR count). The first-order valence-electron chi connectivity index (χ1n) is 3.84. The number of alkyl halides is 3. The summed E-state index contributed by atoms with van der Waals surface area (Å²) in [5.41, 5.74) is 1.09. The molecule has 0 atom stereocenters. The van der Waals surface area contributed by atoms with Crippen LogP contribution in [0.2, 0.25) is 0 Å². The second kappa shape index (κ2) is 4.74. The number of rotatable bonds is 2. The van der Waals surface area contributed by atoms with E-state index in [-0.39, 0.29) is 0 Å². The Kier molecular flexibility index (Phi) is 4.12. The van der Waals surface area contributed by atoms with Gasteiger partial charge in [-0.2, -0.15) is 13.2 Å². The van der Waals surface area contributed by atoms with E-state index in [1.54, 1.807) is 12.1 Å². The first-order chi connectivity index (χ1) is 6.38. The molecule has 0 amide bonds. The molecular formula is C9H8F3IS. The van der Waals surface area contributed by atoms with E-state index in [4.69, 9.17) is 0 Å². The molecule has 78 valence electrons. The molecule has 0 aliphatic carbocycles. The van der Waals surface area contributed by atoms with E-state index in [2.05, 4.69) is 22.6 Å². The molecule has 0 aliphatic rings. The average molecular weight is 332 g/mol. The zero-order chi connectivity index (χ0) is 10.8. The van der Waals surface area contributed by atoms with Crippen molar-refractivity contribution in [2.75, 3.05) is 5.75 Å². The maximum Gasteiger partial charge on any atom is 0.398 e. The molecule has 5 heteroatoms. The molecule has 1 aromatic carbocycles. The summed E-state index contributed by atoms with van der Waals surface area (Å²) in [6.07, 6.45) is -4.10. The van der Waals surface area contributed by atoms with Crippen molar-refractivity contribution in [3.8, 4) is 0 Å². The van der Waals surface area contributed by atoms with Crippen LogP contribution in [-0.2, 0) is 0 Å². The Labute approximate surface area is 98.4 Å². The molecule has 0 N–H and O–H groups in total. The lowest BCUT2D eigenvalue weighted by Crippen LogP contribution is -2.10. The zero-order valence-electron chi connectivity index (χ0n) is 7.36. The predicted molar refractivity (Wildman–Crippen MR) is 60.7 cm³/mol. The number of hydrogen-bond donors (Lipinski definition) is 0. The molecule has 0 bridgehead atoms. The minimum absolute atomic E-state index is 0.664. The molecule has 0 saturated carbocycles. The lowest BCUT2D eigenvalue weighted by atomic mass is 10.2. The summed E-state index contributed by atoms with van der Waals surface area (Å²) in [4.78, 5) is 0.664. The monoisotopic (exact) mass is 332 g/mol. The highest BCUT2D eigenvalue weighted by molar-refractivity contribution is 14.1. The Balaban J connectivity index is 2.65. The molecule has 0 spiro atoms. The number of halogens is 4. The minimum atomic E-state index is -4.10. The molecule has 0 aromatic heterocycles. The molecular weight excluding hydrogens is 324 g/mol. The van der Waals surface area contributed by atoms with E-state index in [0.29, 0.717) is 4.90 Å². The van der Waals surface area contributed by atoms with Crippen LogP contribution in [0, 0.1) is 10.5 Å². The molecule has 0 fully saturated rings. The molecule has 0 saturated heterocycles. The SMILES string of the molecule is Cc1ccc(SCC(F)(F)F)cc1I. The van der Waals surface area contributed by atoms with Crippen molar-refractivity contribution >= 4 is 34.4 Å². The van der Waals surface area contributed by atoms with Gasteiger partial charge in [0.2, 0.25) is 0 Å². The molecule has 0 nitrogen and oxygen atoms in total. The van der Waals surface area contributed by atoms with Gasteiger partial charge < -0.3 is 0 Å². The van der Waals surface area contributed by atoms with Gasteiger partial charge in [0.15, 0.2) is 0 Å². The maximum absolute atomic E-state index is 11.9. The van der Waals surface area contributed by atoms with Gasteiger partial charge >= 0.3 is 6.18 Å². The van der Waals surface area contributed by atoms with Crippen molar-refractivity contribution in [2.45, 2.75) is 18.0 Å². The molecule has 14 heavy (non-hydrogen) atoms. The van der Waals surface area contributed by atoms with Gasteiger partial charge in [0, 0.05) is 8.47 Å². The van der Waals surface area contributed by atoms with Gasteiger partial charge in [-0.25, -0.2) is 0 Å². The summed E-state index contributed by atoms with van der Waals surface area (Å²) < 4.78 is 36.7. The van der Waals surface area contributed by atoms with Crippen LogP contribution in [0.4, 0.5) is 13.2 Å². The minimum Gasteiger partial charge on any atom is -0.170 e. The smallest absolute Gasteiger partial charge is 0.170 e. The first-order valence-corrected chi connectivity index (χ1v) is 5.90. The Morgan fingerprint density at radius 2 is 2.00 bits per heavy atom. The van der Waals surface area contributed by atoms with Crippen LogP contribution < -0.4 is 0 Å². The van der Waals surface area contributed by atoms with E-state index < -0.39 is 11.9 Å². The largest absolute Gasteiger partial charge is 0.398 e. The third-order valence-corrected chi connectivity index (χ3v) is 3.77. The zero-order valence-corrected chi connectivity index (χ0v) is 10.3. The van der Waals surface area contributed by atoms with Crippen LogP contribution in [0.3, 0.4) is 0 Å². The second-order valence-corrected chi connectivity index (χ2v) is 5.03. The van der Waals surface area contributed by atoms with Crippen LogP contribution >= 0.6 is 34.4 Å². The lowest BCUT2D eigenvalue weighted by Gasteiger charge is -2.06. The molecule has 0 aliphatic heterocycles. The van der Waals surface area contributed by atoms with Gasteiger partial charge in [-0.3, -0.25) is 0 Å². The quantitative estimate of drug-likeness (QED) is 0.576. The number of benzene rings is 1. The highest BCUT2D eigenvalue weighted by atomic mass is 127. The first kappa shape index (κ1) is 12.2. The molecule has 0 radical (unpaired) electrons. The summed E-state index contributed by atoms with van der Waals surface area (Å²) in [5.74, 6) is -0.827. The van der Waals surface area contributed by atoms with Crippen molar-refractivity contribution in [3.63, 3.8) is 0 Å². The summed E-state index contributed by atoms with van der Waals surface area (Å²) in [6, 6.07) is 5.32. The Morgan fingerprint density at radius 3 is 2.50 bits per heavy atom. The number of hydrogen-bond acceptors (Lipinski definition) is 1. The van der Waals surface area contributed by atoms with Crippen LogP contribution in [-0.4, -0.2) is 11.9 Å². The van der Waals surface area contributed by atoms with Crippen molar-refractivity contribution in [2.24, 2.45) is 0 Å². The average Bonchev–Trinajstić information content (AvgIpc) is 2.06. The number of thioether (sulfide) groups is 1. The van der Waals surface area contributed by atoms with Crippen molar-refractivity contribution in [1.82, 2.24) is 0 Å². The van der Waals surface area contributed by atoms with E-state index in [9.17, 15) is 13.2 Å². The van der Waals surface area contributed by atoms with Crippen LogP contribution in [0.5, 0.6) is 0 Å². The van der Waals surface area contributed by atoms with Gasteiger partial charge in [-0.15, -0.1) is 11.8 Å². The van der Waals surface area contributed by atoms with E-state index >= 15 is 0 Å². The van der Waals surface area contributed by atoms with Gasteiger partial charge in [-0.1, -0.05) is 6.07 Å². The normalized spacial score (nSPS) is 11.8. The van der Waals surface area contributed by atoms with Crippen molar-refractivity contribution in [1.29, 1.82) is 0 Å². The molecule has 1 aromatic rings. The molecule has 0 heterocycles. The highest BCUT2D eigenvalue weighted by Gasteiger charge is 2.27. The van der Waals surface area contributed by atoms with E-state index in [1.807, 2.05) is 13.0 Å². The van der Waals surface area contributed by atoms with Crippen LogP contribution in [0.15, 0.2) is 23.1 Å². The van der Waals surface area contributed by atoms with Crippen LogP contribution in [0.1, 0.15) is 5.56 Å². The second-order valence-electron chi connectivity index (χ2n) is 2.81. The lowest BCUT2D eigenvalue weighted by molar-refractivity contribution is -0.105. The molecule has 0 unspecified atom stereocenters. The summed E-state index contributed by atoms with van der Waals surface area (Å²) in [5, 5.41) is 0. The van der Waals surface area contributed by atoms with E-state index in [0.717, 1.165) is 20.9 Å². The maximum atomic E-state index is 11.9. The number of aryl methyl sites for hydroxylation is 1. The van der Waals surface area contributed by atoms with Gasteiger partial charge in [-0.05, 0) is 47.2 Å². The fraction of sp³-hybridized carbons (Fsp3) is 0.333. The highest BCUT2D eigenvalue weighted by Crippen LogP contribution is 2.28. The Hall–Kier alpha value is 0.0900. The Morgan fingerprint density at radius 1 is 1.36 bits per heavy atom. The summed E-state index contributed by atoms with van der Waals surface area (Å²) >= 11 is 2.94. The van der Waals surface area contributed by atoms with Crippen LogP contribution in [0.25, 0.3) is 0 Å². The standard InChI is InChI=1S/C9H8F3IS/c1-6-2-3-7(4-8(6)13)14-5-9(10,11)12/h2-4H,5H2,1H3. The fourth-order valence-corrected chi connectivity index (χ4v) is 2.25. The summed E-state index contributed by atoms with van der Waals surface area (Å²) in [7, 11) is 0. The van der Waals surface area contributed by atoms with E-state index in [1.165, 1.54) is 0 Å². The van der Waals surface area contributed by atoms with Gasteiger partial charge in [0.1, 0.15) is 0 Å².